The molecule has 0 saturated carbocycles. The first-order chi connectivity index (χ1) is 9.02. The molecule has 0 aliphatic carbocycles. The maximum atomic E-state index is 11.8. The van der Waals surface area contributed by atoms with Gasteiger partial charge in [-0.15, -0.1) is 0 Å². The van der Waals surface area contributed by atoms with Crippen LogP contribution in [0.25, 0.3) is 0 Å². The van der Waals surface area contributed by atoms with Gasteiger partial charge in [-0.2, -0.15) is 0 Å². The van der Waals surface area contributed by atoms with Crippen LogP contribution < -0.4 is 11.2 Å². The topological polar surface area (TPSA) is 102 Å². The van der Waals surface area contributed by atoms with Crippen molar-refractivity contribution in [3.05, 3.63) is 45.0 Å². The maximum absolute atomic E-state index is 11.8. The highest BCUT2D eigenvalue weighted by Crippen LogP contribution is 2.08. The minimum Gasteiger partial charge on any atom is -0.494 e. The van der Waals surface area contributed by atoms with Crippen LogP contribution in [0.5, 0.6) is 5.88 Å². The third-order valence-corrected chi connectivity index (χ3v) is 2.54. The Hall–Kier alpha value is -2.77. The molecule has 2 heterocycles. The number of rotatable bonds is 2. The standard InChI is InChI=1S/C11H11N5O3/c1-15-9(17)7(10(18)16(2)11(15)19)5-14-8-6-12-3-4-13-8/h3-6,17H,1-2H3. The molecule has 0 unspecified atom stereocenters. The minimum atomic E-state index is -0.631. The van der Waals surface area contributed by atoms with E-state index in [1.807, 2.05) is 0 Å². The molecule has 0 aliphatic heterocycles. The van der Waals surface area contributed by atoms with Gasteiger partial charge in [0.2, 0.25) is 5.88 Å². The van der Waals surface area contributed by atoms with Crippen LogP contribution in [-0.4, -0.2) is 30.4 Å². The summed E-state index contributed by atoms with van der Waals surface area (Å²) in [7, 11) is 2.68. The van der Waals surface area contributed by atoms with Gasteiger partial charge in [0, 0.05) is 32.7 Å². The van der Waals surface area contributed by atoms with Crippen LogP contribution in [0.4, 0.5) is 5.82 Å². The predicted molar refractivity (Wildman–Crippen MR) is 67.9 cm³/mol. The van der Waals surface area contributed by atoms with E-state index in [2.05, 4.69) is 15.0 Å². The summed E-state index contributed by atoms with van der Waals surface area (Å²) in [5, 5.41) is 9.78. The van der Waals surface area contributed by atoms with Crippen molar-refractivity contribution in [2.24, 2.45) is 19.1 Å². The van der Waals surface area contributed by atoms with E-state index in [1.165, 1.54) is 32.7 Å². The fourth-order valence-electron chi connectivity index (χ4n) is 1.46. The molecule has 0 saturated heterocycles. The summed E-state index contributed by atoms with van der Waals surface area (Å²) in [5.41, 5.74) is -1.33. The molecule has 0 aromatic carbocycles. The first-order valence-corrected chi connectivity index (χ1v) is 5.31. The van der Waals surface area contributed by atoms with Crippen molar-refractivity contribution in [3.63, 3.8) is 0 Å². The molecule has 0 bridgehead atoms. The zero-order chi connectivity index (χ0) is 14.0. The summed E-state index contributed by atoms with van der Waals surface area (Å²) in [5.74, 6) is -0.154. The van der Waals surface area contributed by atoms with Gasteiger partial charge in [0.25, 0.3) is 5.56 Å². The molecule has 0 radical (unpaired) electrons. The highest BCUT2D eigenvalue weighted by molar-refractivity contribution is 5.83. The molecule has 8 nitrogen and oxygen atoms in total. The van der Waals surface area contributed by atoms with Gasteiger partial charge in [-0.1, -0.05) is 0 Å². The zero-order valence-corrected chi connectivity index (χ0v) is 10.3. The van der Waals surface area contributed by atoms with Crippen LogP contribution in [0.3, 0.4) is 0 Å². The van der Waals surface area contributed by atoms with Gasteiger partial charge in [0.05, 0.1) is 6.20 Å². The van der Waals surface area contributed by atoms with Crippen molar-refractivity contribution in [2.45, 2.75) is 0 Å². The Bertz CT molecular complexity index is 745. The molecule has 2 rings (SSSR count). The second-order valence-corrected chi connectivity index (χ2v) is 3.76. The van der Waals surface area contributed by atoms with Crippen LogP contribution in [-0.2, 0) is 14.1 Å². The van der Waals surface area contributed by atoms with E-state index in [0.29, 0.717) is 0 Å². The Morgan fingerprint density at radius 2 is 2.00 bits per heavy atom. The summed E-state index contributed by atoms with van der Waals surface area (Å²) >= 11 is 0. The molecular weight excluding hydrogens is 250 g/mol. The van der Waals surface area contributed by atoms with Crippen LogP contribution in [0.2, 0.25) is 0 Å². The molecule has 0 spiro atoms. The maximum Gasteiger partial charge on any atom is 0.333 e. The Morgan fingerprint density at radius 3 is 2.63 bits per heavy atom. The quantitative estimate of drug-likeness (QED) is 0.722. The largest absolute Gasteiger partial charge is 0.494 e. The third kappa shape index (κ3) is 2.28. The molecule has 1 N–H and O–H groups in total. The first kappa shape index (κ1) is 12.7. The van der Waals surface area contributed by atoms with E-state index in [0.717, 1.165) is 15.3 Å². The van der Waals surface area contributed by atoms with Gasteiger partial charge < -0.3 is 5.11 Å². The lowest BCUT2D eigenvalue weighted by Gasteiger charge is -2.06. The molecular formula is C11H11N5O3. The summed E-state index contributed by atoms with van der Waals surface area (Å²) in [6.45, 7) is 0. The number of hydrogen-bond acceptors (Lipinski definition) is 6. The van der Waals surface area contributed by atoms with E-state index < -0.39 is 17.1 Å². The third-order valence-electron chi connectivity index (χ3n) is 2.54. The lowest BCUT2D eigenvalue weighted by molar-refractivity contribution is 0.410. The van der Waals surface area contributed by atoms with Crippen molar-refractivity contribution in [2.75, 3.05) is 0 Å². The number of aliphatic imine (C=N–C) groups is 1. The molecule has 0 atom stereocenters. The summed E-state index contributed by atoms with van der Waals surface area (Å²) in [4.78, 5) is 35.0. The van der Waals surface area contributed by atoms with Crippen molar-refractivity contribution in [1.82, 2.24) is 19.1 Å². The molecule has 0 amide bonds. The Labute approximate surface area is 107 Å². The highest BCUT2D eigenvalue weighted by atomic mass is 16.3. The lowest BCUT2D eigenvalue weighted by atomic mass is 10.3. The molecule has 2 aromatic rings. The Morgan fingerprint density at radius 1 is 1.26 bits per heavy atom. The fraction of sp³-hybridized carbons (Fsp3) is 0.182. The Balaban J connectivity index is 2.56. The van der Waals surface area contributed by atoms with Gasteiger partial charge >= 0.3 is 5.69 Å². The van der Waals surface area contributed by atoms with Crippen LogP contribution in [0, 0.1) is 0 Å². The normalized spacial score (nSPS) is 11.1. The number of aromatic nitrogens is 4. The molecule has 0 fully saturated rings. The van der Waals surface area contributed by atoms with Crippen molar-refractivity contribution >= 4 is 12.0 Å². The van der Waals surface area contributed by atoms with Crippen molar-refractivity contribution in [3.8, 4) is 5.88 Å². The molecule has 2 aromatic heterocycles. The second kappa shape index (κ2) is 4.84. The van der Waals surface area contributed by atoms with E-state index in [4.69, 9.17) is 0 Å². The van der Waals surface area contributed by atoms with Gasteiger partial charge in [-0.3, -0.25) is 18.9 Å². The number of nitrogens with zero attached hydrogens (tertiary/aromatic N) is 5. The van der Waals surface area contributed by atoms with Crippen LogP contribution in [0.15, 0.2) is 33.2 Å². The Kier molecular flexibility index (Phi) is 3.23. The fourth-order valence-corrected chi connectivity index (χ4v) is 1.46. The number of hydrogen-bond donors (Lipinski definition) is 1. The van der Waals surface area contributed by atoms with E-state index >= 15 is 0 Å². The van der Waals surface area contributed by atoms with E-state index in [1.54, 1.807) is 0 Å². The lowest BCUT2D eigenvalue weighted by Crippen LogP contribution is -2.38. The molecule has 8 heteroatoms. The SMILES string of the molecule is Cn1c(O)c(C=Nc2cnccn2)c(=O)n(C)c1=O. The first-order valence-electron chi connectivity index (χ1n) is 5.31. The monoisotopic (exact) mass is 261 g/mol. The summed E-state index contributed by atoms with van der Waals surface area (Å²) in [6.07, 6.45) is 5.49. The van der Waals surface area contributed by atoms with Gasteiger partial charge in [-0.05, 0) is 0 Å². The average molecular weight is 261 g/mol. The number of aromatic hydroxyl groups is 1. The summed E-state index contributed by atoms with van der Waals surface area (Å²) in [6, 6.07) is 0. The molecule has 98 valence electrons. The van der Waals surface area contributed by atoms with E-state index in [9.17, 15) is 14.7 Å². The van der Waals surface area contributed by atoms with Crippen LogP contribution >= 0.6 is 0 Å². The molecule has 0 aliphatic rings. The zero-order valence-electron chi connectivity index (χ0n) is 10.3. The molecule has 19 heavy (non-hydrogen) atoms. The van der Waals surface area contributed by atoms with Gasteiger partial charge in [0.15, 0.2) is 5.82 Å². The van der Waals surface area contributed by atoms with Gasteiger partial charge in [-0.25, -0.2) is 14.8 Å². The smallest absolute Gasteiger partial charge is 0.333 e. The van der Waals surface area contributed by atoms with Gasteiger partial charge in [0.1, 0.15) is 5.56 Å². The summed E-state index contributed by atoms with van der Waals surface area (Å²) < 4.78 is 1.84. The highest BCUT2D eigenvalue weighted by Gasteiger charge is 2.12. The van der Waals surface area contributed by atoms with Crippen LogP contribution in [0.1, 0.15) is 5.56 Å². The minimum absolute atomic E-state index is 0.0877. The second-order valence-electron chi connectivity index (χ2n) is 3.76. The van der Waals surface area contributed by atoms with E-state index in [-0.39, 0.29) is 11.4 Å². The predicted octanol–water partition coefficient (Wildman–Crippen LogP) is -0.670. The average Bonchev–Trinajstić information content (AvgIpc) is 2.44. The van der Waals surface area contributed by atoms with Crippen molar-refractivity contribution in [1.29, 1.82) is 0 Å². The van der Waals surface area contributed by atoms with Crippen molar-refractivity contribution < 1.29 is 5.11 Å².